The predicted octanol–water partition coefficient (Wildman–Crippen LogP) is 3.30. The lowest BCUT2D eigenvalue weighted by atomic mass is 9.82. The first kappa shape index (κ1) is 16.3. The van der Waals surface area contributed by atoms with Crippen molar-refractivity contribution in [3.05, 3.63) is 34.9 Å². The first-order chi connectivity index (χ1) is 9.73. The van der Waals surface area contributed by atoms with Crippen LogP contribution in [0.3, 0.4) is 0 Å². The second-order valence-corrected chi connectivity index (χ2v) is 6.23. The Morgan fingerprint density at radius 1 is 1.24 bits per heavy atom. The van der Waals surface area contributed by atoms with Gasteiger partial charge in [0.15, 0.2) is 0 Å². The Morgan fingerprint density at radius 3 is 2.67 bits per heavy atom. The Morgan fingerprint density at radius 2 is 1.95 bits per heavy atom. The van der Waals surface area contributed by atoms with Crippen LogP contribution in [-0.4, -0.2) is 5.91 Å². The lowest BCUT2D eigenvalue weighted by Crippen LogP contribution is -2.38. The molecule has 0 bridgehead atoms. The molecule has 1 aromatic carbocycles. The highest BCUT2D eigenvalue weighted by Crippen LogP contribution is 2.41. The molecule has 0 radical (unpaired) electrons. The van der Waals surface area contributed by atoms with Gasteiger partial charge in [0.1, 0.15) is 0 Å². The van der Waals surface area contributed by atoms with Gasteiger partial charge < -0.3 is 10.6 Å². The van der Waals surface area contributed by atoms with Crippen molar-refractivity contribution in [3.63, 3.8) is 0 Å². The van der Waals surface area contributed by atoms with Gasteiger partial charge in [0.05, 0.1) is 0 Å². The summed E-state index contributed by atoms with van der Waals surface area (Å²) in [4.78, 5) is 12.5. The highest BCUT2D eigenvalue weighted by atomic mass is 35.5. The highest BCUT2D eigenvalue weighted by molar-refractivity contribution is 5.85. The maximum absolute atomic E-state index is 12.5. The van der Waals surface area contributed by atoms with Crippen LogP contribution in [0.25, 0.3) is 0 Å². The van der Waals surface area contributed by atoms with Gasteiger partial charge in [-0.3, -0.25) is 4.79 Å². The number of rotatable bonds is 4. The summed E-state index contributed by atoms with van der Waals surface area (Å²) in [6, 6.07) is 6.55. The Balaban J connectivity index is 0.00000161. The van der Waals surface area contributed by atoms with Gasteiger partial charge in [-0.25, -0.2) is 0 Å². The van der Waals surface area contributed by atoms with Crippen molar-refractivity contribution in [1.29, 1.82) is 0 Å². The van der Waals surface area contributed by atoms with Gasteiger partial charge in [-0.2, -0.15) is 0 Å². The molecule has 0 atom stereocenters. The second-order valence-electron chi connectivity index (χ2n) is 6.23. The molecule has 1 amide bonds. The van der Waals surface area contributed by atoms with Crippen molar-refractivity contribution in [2.45, 2.75) is 58.7 Å². The summed E-state index contributed by atoms with van der Waals surface area (Å²) in [7, 11) is 0. The van der Waals surface area contributed by atoms with Gasteiger partial charge in [0.25, 0.3) is 0 Å². The quantitative estimate of drug-likeness (QED) is 0.896. The summed E-state index contributed by atoms with van der Waals surface area (Å²) >= 11 is 0. The Hall–Kier alpha value is -1.06. The summed E-state index contributed by atoms with van der Waals surface area (Å²) in [5.74, 6) is 0.260. The van der Waals surface area contributed by atoms with E-state index in [0.717, 1.165) is 32.4 Å². The fourth-order valence-electron chi connectivity index (χ4n) is 3.62. The molecule has 1 aromatic rings. The zero-order valence-corrected chi connectivity index (χ0v) is 13.5. The van der Waals surface area contributed by atoms with E-state index in [0.29, 0.717) is 6.54 Å². The van der Waals surface area contributed by atoms with Crippen LogP contribution in [-0.2, 0) is 24.4 Å². The molecule has 116 valence electrons. The van der Waals surface area contributed by atoms with E-state index in [1.165, 1.54) is 29.5 Å². The van der Waals surface area contributed by atoms with Crippen molar-refractivity contribution in [2.75, 3.05) is 0 Å². The summed E-state index contributed by atoms with van der Waals surface area (Å²) in [5, 5.41) is 6.52. The molecule has 1 saturated carbocycles. The average Bonchev–Trinajstić information content (AvgIpc) is 3.13. The Kier molecular flexibility index (Phi) is 5.28. The number of halogens is 1. The molecule has 2 aliphatic rings. The summed E-state index contributed by atoms with van der Waals surface area (Å²) < 4.78 is 0. The normalized spacial score (nSPS) is 18.9. The summed E-state index contributed by atoms with van der Waals surface area (Å²) in [6.45, 7) is 4.73. The van der Waals surface area contributed by atoms with Crippen LogP contribution in [0.1, 0.15) is 55.7 Å². The van der Waals surface area contributed by atoms with E-state index in [4.69, 9.17) is 0 Å². The summed E-state index contributed by atoms with van der Waals surface area (Å²) in [6.07, 6.45) is 5.48. The number of carbonyl (C=O) groups excluding carboxylic acids is 1. The first-order valence-corrected chi connectivity index (χ1v) is 7.83. The van der Waals surface area contributed by atoms with Crippen LogP contribution >= 0.6 is 12.4 Å². The smallest absolute Gasteiger partial charge is 0.226 e. The molecule has 21 heavy (non-hydrogen) atoms. The molecular weight excluding hydrogens is 284 g/mol. The number of amides is 1. The monoisotopic (exact) mass is 308 g/mol. The molecule has 0 spiro atoms. The molecule has 0 aromatic heterocycles. The number of hydrogen-bond donors (Lipinski definition) is 2. The minimum atomic E-state index is -0.0850. The minimum Gasteiger partial charge on any atom is -0.352 e. The Labute approximate surface area is 133 Å². The van der Waals surface area contributed by atoms with Crippen LogP contribution in [0.2, 0.25) is 0 Å². The van der Waals surface area contributed by atoms with Crippen LogP contribution in [0.5, 0.6) is 0 Å². The van der Waals surface area contributed by atoms with Gasteiger partial charge in [-0.05, 0) is 36.0 Å². The number of benzene rings is 1. The van der Waals surface area contributed by atoms with Gasteiger partial charge in [-0.1, -0.05) is 38.0 Å². The van der Waals surface area contributed by atoms with Crippen molar-refractivity contribution in [2.24, 2.45) is 5.41 Å². The fourth-order valence-corrected chi connectivity index (χ4v) is 3.62. The molecular formula is C17H25ClN2O. The standard InChI is InChI=1S/C17H24N2O.ClH/c1-2-17(7-3-4-8-17)16(20)19-10-13-5-6-14-11-18-12-15(14)9-13;/h5-6,9,18H,2-4,7-8,10-12H2,1H3,(H,19,20);1H. The van der Waals surface area contributed by atoms with Gasteiger partial charge in [0.2, 0.25) is 5.91 Å². The van der Waals surface area contributed by atoms with Crippen molar-refractivity contribution < 1.29 is 4.79 Å². The van der Waals surface area contributed by atoms with Crippen molar-refractivity contribution in [3.8, 4) is 0 Å². The fraction of sp³-hybridized carbons (Fsp3) is 0.588. The summed E-state index contributed by atoms with van der Waals surface area (Å²) in [5.41, 5.74) is 3.90. The largest absolute Gasteiger partial charge is 0.352 e. The third kappa shape index (κ3) is 3.24. The molecule has 0 unspecified atom stereocenters. The van der Waals surface area contributed by atoms with Crippen molar-refractivity contribution in [1.82, 2.24) is 10.6 Å². The molecule has 1 fully saturated rings. The van der Waals surface area contributed by atoms with Crippen LogP contribution in [0.4, 0.5) is 0 Å². The third-order valence-electron chi connectivity index (χ3n) is 5.07. The maximum Gasteiger partial charge on any atom is 0.226 e. The third-order valence-corrected chi connectivity index (χ3v) is 5.07. The van der Waals surface area contributed by atoms with E-state index in [1.807, 2.05) is 0 Å². The lowest BCUT2D eigenvalue weighted by Gasteiger charge is -2.26. The van der Waals surface area contributed by atoms with Gasteiger partial charge in [0, 0.05) is 25.0 Å². The minimum absolute atomic E-state index is 0. The van der Waals surface area contributed by atoms with E-state index in [-0.39, 0.29) is 23.7 Å². The van der Waals surface area contributed by atoms with Crippen molar-refractivity contribution >= 4 is 18.3 Å². The van der Waals surface area contributed by atoms with Crippen LogP contribution < -0.4 is 10.6 Å². The topological polar surface area (TPSA) is 41.1 Å². The average molecular weight is 309 g/mol. The SMILES string of the molecule is CCC1(C(=O)NCc2ccc3c(c2)CNC3)CCCC1.Cl. The Bertz CT molecular complexity index is 510. The first-order valence-electron chi connectivity index (χ1n) is 7.83. The van der Waals surface area contributed by atoms with E-state index >= 15 is 0 Å². The van der Waals surface area contributed by atoms with E-state index in [1.54, 1.807) is 0 Å². The maximum atomic E-state index is 12.5. The molecule has 1 aliphatic carbocycles. The number of hydrogen-bond acceptors (Lipinski definition) is 2. The van der Waals surface area contributed by atoms with Crippen LogP contribution in [0.15, 0.2) is 18.2 Å². The molecule has 3 nitrogen and oxygen atoms in total. The second kappa shape index (κ2) is 6.80. The molecule has 0 saturated heterocycles. The molecule has 2 N–H and O–H groups in total. The van der Waals surface area contributed by atoms with E-state index in [2.05, 4.69) is 35.8 Å². The van der Waals surface area contributed by atoms with Gasteiger partial charge >= 0.3 is 0 Å². The zero-order chi connectivity index (χ0) is 14.0. The number of carbonyl (C=O) groups is 1. The molecule has 3 rings (SSSR count). The number of fused-ring (bicyclic) bond motifs is 1. The van der Waals surface area contributed by atoms with Crippen LogP contribution in [0, 0.1) is 5.41 Å². The zero-order valence-electron chi connectivity index (χ0n) is 12.7. The van der Waals surface area contributed by atoms with Gasteiger partial charge in [-0.15, -0.1) is 12.4 Å². The molecule has 4 heteroatoms. The van der Waals surface area contributed by atoms with E-state index in [9.17, 15) is 4.79 Å². The lowest BCUT2D eigenvalue weighted by molar-refractivity contribution is -0.131. The van der Waals surface area contributed by atoms with E-state index < -0.39 is 0 Å². The molecule has 1 heterocycles. The number of nitrogens with one attached hydrogen (secondary N) is 2. The highest BCUT2D eigenvalue weighted by Gasteiger charge is 2.38. The predicted molar refractivity (Wildman–Crippen MR) is 87.3 cm³/mol. The molecule has 1 aliphatic heterocycles.